The van der Waals surface area contributed by atoms with E-state index in [2.05, 4.69) is 25.6 Å². The molecule has 27 nitrogen and oxygen atoms in total. The molecule has 1 aliphatic heterocycles. The first kappa shape index (κ1) is 59.2. The normalized spacial score (nSPS) is 13.5. The number of anilines is 1. The molecule has 1 atom stereocenters. The molecule has 27 heteroatoms. The van der Waals surface area contributed by atoms with Gasteiger partial charge in [-0.05, 0) is 31.2 Å². The molecular formula is C50H66N10O17. The van der Waals surface area contributed by atoms with Crippen LogP contribution in [0.5, 0.6) is 5.75 Å². The lowest BCUT2D eigenvalue weighted by Crippen LogP contribution is -2.56. The molecule has 0 bridgehead atoms. The van der Waals surface area contributed by atoms with Crippen molar-refractivity contribution in [2.45, 2.75) is 26.1 Å². The van der Waals surface area contributed by atoms with Gasteiger partial charge in [0, 0.05) is 56.2 Å². The number of benzene rings is 2. The third-order valence-electron chi connectivity index (χ3n) is 11.5. The molecule has 2 amide bonds. The van der Waals surface area contributed by atoms with E-state index in [0.29, 0.717) is 147 Å². The first-order chi connectivity index (χ1) is 37.6. The molecule has 0 aliphatic carbocycles. The van der Waals surface area contributed by atoms with Crippen LogP contribution in [0.3, 0.4) is 0 Å². The van der Waals surface area contributed by atoms with Crippen molar-refractivity contribution in [3.05, 3.63) is 110 Å². The van der Waals surface area contributed by atoms with Gasteiger partial charge in [0.1, 0.15) is 29.4 Å². The van der Waals surface area contributed by atoms with Gasteiger partial charge in [-0.15, -0.1) is 5.10 Å². The number of carbonyl (C=O) groups is 3. The summed E-state index contributed by atoms with van der Waals surface area (Å²) in [6, 6.07) is 13.7. The number of hydrogen-bond donors (Lipinski definition) is 2. The first-order valence-electron chi connectivity index (χ1n) is 25.1. The van der Waals surface area contributed by atoms with Crippen LogP contribution in [0.1, 0.15) is 33.3 Å². The Hall–Kier alpha value is -7.08. The van der Waals surface area contributed by atoms with Crippen LogP contribution in [0.25, 0.3) is 11.0 Å². The monoisotopic (exact) mass is 1080 g/mol. The summed E-state index contributed by atoms with van der Waals surface area (Å²) < 4.78 is 57.7. The van der Waals surface area contributed by atoms with Gasteiger partial charge in [-0.2, -0.15) is 0 Å². The molecule has 0 saturated carbocycles. The number of nitrogens with zero attached hydrogens (tertiary/aromatic N) is 8. The average Bonchev–Trinajstić information content (AvgIpc) is 4.10. The highest BCUT2D eigenvalue weighted by molar-refractivity contribution is 6.45. The Morgan fingerprint density at radius 2 is 1.31 bits per heavy atom. The maximum absolute atomic E-state index is 13.6. The molecule has 1 fully saturated rings. The van der Waals surface area contributed by atoms with Crippen LogP contribution in [0, 0.1) is 20.2 Å². The third-order valence-corrected chi connectivity index (χ3v) is 11.5. The molecular weight excluding hydrogens is 1010 g/mol. The lowest BCUT2D eigenvalue weighted by molar-refractivity contribution is -0.393. The molecule has 6 rings (SSSR count). The maximum Gasteiger partial charge on any atom is 0.299 e. The van der Waals surface area contributed by atoms with Gasteiger partial charge in [-0.25, -0.2) is 9.67 Å². The number of non-ortho nitro benzene ring substituents is 1. The van der Waals surface area contributed by atoms with Crippen LogP contribution in [-0.2, 0) is 60.6 Å². The van der Waals surface area contributed by atoms with Crippen LogP contribution in [0.4, 0.5) is 17.1 Å². The number of ketones is 1. The van der Waals surface area contributed by atoms with E-state index in [9.17, 15) is 34.6 Å². The van der Waals surface area contributed by atoms with Crippen molar-refractivity contribution in [2.75, 3.05) is 150 Å². The summed E-state index contributed by atoms with van der Waals surface area (Å²) in [5, 5.41) is 33.6. The zero-order valence-electron chi connectivity index (χ0n) is 43.0. The van der Waals surface area contributed by atoms with Gasteiger partial charge in [0.15, 0.2) is 0 Å². The van der Waals surface area contributed by atoms with Crippen molar-refractivity contribution in [3.63, 3.8) is 0 Å². The molecule has 5 aromatic rings. The summed E-state index contributed by atoms with van der Waals surface area (Å²) in [6.45, 7) is 10.2. The molecule has 418 valence electrons. The predicted octanol–water partition coefficient (Wildman–Crippen LogP) is 3.37. The molecule has 2 N–H and O–H groups in total. The van der Waals surface area contributed by atoms with Crippen LogP contribution >= 0.6 is 0 Å². The summed E-state index contributed by atoms with van der Waals surface area (Å²) >= 11 is 0. The highest BCUT2D eigenvalue weighted by Gasteiger charge is 2.35. The first-order valence-corrected chi connectivity index (χ1v) is 25.1. The van der Waals surface area contributed by atoms with E-state index in [-0.39, 0.29) is 74.1 Å². The van der Waals surface area contributed by atoms with Crippen LogP contribution < -0.4 is 10.1 Å². The molecule has 2 aromatic carbocycles. The standard InChI is InChI=1S/C50H66N10O17/c1-38-35-56(49(62)39-5-3-2-4-6-39)12-13-58(38)50(63)47(61)42-34-53-48-46(42)45(9-10-52-48)77-32-31-75-28-27-73-24-23-72-22-21-71-20-18-69-16-14-57-36-40(54-55-57)37-76-30-29-74-26-25-70-19-17-68-15-11-51-43-8-7-41(59(64)65)33-44(43)60(66)67/h2-10,33-34,36,38,51H,11-32,35,37H2,1H3,(H,52,53)/t38-/m1/s1. The number of hydrogen-bond acceptors (Lipinski definition) is 21. The van der Waals surface area contributed by atoms with Crippen LogP contribution in [0.2, 0.25) is 0 Å². The Morgan fingerprint density at radius 3 is 1.92 bits per heavy atom. The largest absolute Gasteiger partial charge is 0.490 e. The molecule has 1 aliphatic rings. The molecule has 0 unspecified atom stereocenters. The Labute approximate surface area is 443 Å². The summed E-state index contributed by atoms with van der Waals surface area (Å²) in [6.07, 6.45) is 4.82. The Bertz CT molecular complexity index is 2600. The Kier molecular flexibility index (Phi) is 25.5. The van der Waals surface area contributed by atoms with Gasteiger partial charge >= 0.3 is 0 Å². The van der Waals surface area contributed by atoms with Gasteiger partial charge in [0.25, 0.3) is 29.0 Å². The molecule has 77 heavy (non-hydrogen) atoms. The van der Waals surface area contributed by atoms with Gasteiger partial charge in [0.2, 0.25) is 0 Å². The molecule has 4 heterocycles. The van der Waals surface area contributed by atoms with E-state index in [1.54, 1.807) is 52.3 Å². The number of aromatic nitrogens is 5. The van der Waals surface area contributed by atoms with Gasteiger partial charge in [-0.1, -0.05) is 23.4 Å². The average molecular weight is 1080 g/mol. The fourth-order valence-corrected chi connectivity index (χ4v) is 7.67. The zero-order chi connectivity index (χ0) is 54.5. The number of pyridine rings is 1. The minimum Gasteiger partial charge on any atom is -0.490 e. The van der Waals surface area contributed by atoms with Crippen molar-refractivity contribution < 1.29 is 71.6 Å². The number of aromatic amines is 1. The second-order valence-electron chi connectivity index (χ2n) is 16.9. The van der Waals surface area contributed by atoms with Crippen molar-refractivity contribution in [2.24, 2.45) is 0 Å². The number of piperazine rings is 1. The SMILES string of the molecule is C[C@@H]1CN(C(=O)c2ccccc2)CCN1C(=O)C(=O)c1c[nH]c2nccc(OCCOCCOCCOCCOCCOCCn3cc(COCCOCCOCCOCCNc4ccc([N+](=O)[O-])cc4[N+](=O)[O-])nn3)c12. The quantitative estimate of drug-likeness (QED) is 0.0187. The second kappa shape index (κ2) is 33.2. The fraction of sp³-hybridized carbons (Fsp3) is 0.520. The molecule has 1 saturated heterocycles. The lowest BCUT2D eigenvalue weighted by Gasteiger charge is -2.39. The predicted molar refractivity (Wildman–Crippen MR) is 274 cm³/mol. The Morgan fingerprint density at radius 1 is 0.714 bits per heavy atom. The van der Waals surface area contributed by atoms with Crippen molar-refractivity contribution in [1.29, 1.82) is 0 Å². The highest BCUT2D eigenvalue weighted by Crippen LogP contribution is 2.30. The summed E-state index contributed by atoms with van der Waals surface area (Å²) in [4.78, 5) is 71.2. The molecule has 0 spiro atoms. The number of Topliss-reactive ketones (excluding diaryl/α,β-unsaturated/α-hetero) is 1. The number of rotatable bonds is 39. The van der Waals surface area contributed by atoms with E-state index < -0.39 is 21.5 Å². The lowest BCUT2D eigenvalue weighted by atomic mass is 10.1. The topological polar surface area (TPSA) is 308 Å². The number of ether oxygens (including phenoxy) is 10. The number of nitro benzene ring substituents is 2. The van der Waals surface area contributed by atoms with E-state index >= 15 is 0 Å². The van der Waals surface area contributed by atoms with Crippen molar-refractivity contribution >= 4 is 45.7 Å². The molecule has 3 aromatic heterocycles. The number of amides is 2. The van der Waals surface area contributed by atoms with Crippen LogP contribution in [0.15, 0.2) is 73.2 Å². The number of carbonyl (C=O) groups excluding carboxylic acids is 3. The molecule has 0 radical (unpaired) electrons. The number of H-pyrrole nitrogens is 1. The fourth-order valence-electron chi connectivity index (χ4n) is 7.67. The third kappa shape index (κ3) is 19.8. The van der Waals surface area contributed by atoms with E-state index in [1.165, 1.54) is 23.2 Å². The van der Waals surface area contributed by atoms with Crippen LogP contribution in [-0.4, -0.2) is 213 Å². The van der Waals surface area contributed by atoms with Gasteiger partial charge < -0.3 is 67.5 Å². The van der Waals surface area contributed by atoms with Gasteiger partial charge in [0.05, 0.1) is 159 Å². The number of fused-ring (bicyclic) bond motifs is 1. The summed E-state index contributed by atoms with van der Waals surface area (Å²) in [7, 11) is 0. The summed E-state index contributed by atoms with van der Waals surface area (Å²) in [5.74, 6) is -1.05. The maximum atomic E-state index is 13.6. The smallest absolute Gasteiger partial charge is 0.299 e. The Balaban J connectivity index is 0.682. The van der Waals surface area contributed by atoms with Crippen molar-refractivity contribution in [1.82, 2.24) is 34.8 Å². The summed E-state index contributed by atoms with van der Waals surface area (Å²) in [5.41, 5.74) is 1.27. The van der Waals surface area contributed by atoms with E-state index in [0.717, 1.165) is 6.07 Å². The number of nitro groups is 2. The second-order valence-corrected chi connectivity index (χ2v) is 16.9. The minimum absolute atomic E-state index is 0.111. The highest BCUT2D eigenvalue weighted by atomic mass is 16.6. The van der Waals surface area contributed by atoms with E-state index in [1.807, 2.05) is 13.0 Å². The van der Waals surface area contributed by atoms with Gasteiger partial charge in [-0.3, -0.25) is 34.6 Å². The van der Waals surface area contributed by atoms with E-state index in [4.69, 9.17) is 47.4 Å². The zero-order valence-corrected chi connectivity index (χ0v) is 43.0. The van der Waals surface area contributed by atoms with Crippen molar-refractivity contribution in [3.8, 4) is 5.75 Å². The minimum atomic E-state index is -0.688. The number of nitrogens with one attached hydrogen (secondary N) is 2.